The normalized spacial score (nSPS) is 15.6. The zero-order valence-corrected chi connectivity index (χ0v) is 19.4. The smallest absolute Gasteiger partial charge is 0.224 e. The van der Waals surface area contributed by atoms with Gasteiger partial charge >= 0.3 is 0 Å². The summed E-state index contributed by atoms with van der Waals surface area (Å²) in [4.78, 5) is 20.9. The van der Waals surface area contributed by atoms with Crippen LogP contribution in [0.5, 0.6) is 5.75 Å². The van der Waals surface area contributed by atoms with E-state index in [1.54, 1.807) is 0 Å². The predicted molar refractivity (Wildman–Crippen MR) is 119 cm³/mol. The molecule has 1 saturated heterocycles. The molecule has 1 aromatic heterocycles. The van der Waals surface area contributed by atoms with Crippen molar-refractivity contribution in [2.45, 2.75) is 18.9 Å². The summed E-state index contributed by atoms with van der Waals surface area (Å²) in [5.74, 6) is -3.65. The van der Waals surface area contributed by atoms with E-state index in [2.05, 4.69) is 15.3 Å². The van der Waals surface area contributed by atoms with Gasteiger partial charge in [-0.2, -0.15) is 4.98 Å². The van der Waals surface area contributed by atoms with Gasteiger partial charge in [0.1, 0.15) is 20.9 Å². The molecule has 0 spiro atoms. The van der Waals surface area contributed by atoms with Crippen LogP contribution in [0.1, 0.15) is 28.8 Å². The van der Waals surface area contributed by atoms with Crippen LogP contribution in [0.3, 0.4) is 0 Å². The SMILES string of the molecule is COc1ccc(F)c(F)c1C(=O)c1cnc(NC2CCN(S(=O)(=O)CI)CC2)nc1N. The van der Waals surface area contributed by atoms with Crippen molar-refractivity contribution < 1.29 is 26.7 Å². The van der Waals surface area contributed by atoms with E-state index >= 15 is 0 Å². The van der Waals surface area contributed by atoms with Crippen LogP contribution in [-0.2, 0) is 10.0 Å². The molecular weight excluding hydrogens is 547 g/mol. The van der Waals surface area contributed by atoms with E-state index in [1.807, 2.05) is 22.6 Å². The molecule has 0 radical (unpaired) electrons. The third-order valence-electron chi connectivity index (χ3n) is 4.88. The number of nitrogen functional groups attached to an aromatic ring is 1. The van der Waals surface area contributed by atoms with Gasteiger partial charge < -0.3 is 15.8 Å². The van der Waals surface area contributed by atoms with Crippen LogP contribution in [0.4, 0.5) is 20.5 Å². The highest BCUT2D eigenvalue weighted by Gasteiger charge is 2.28. The van der Waals surface area contributed by atoms with E-state index in [4.69, 9.17) is 10.5 Å². The van der Waals surface area contributed by atoms with Gasteiger partial charge in [-0.15, -0.1) is 0 Å². The van der Waals surface area contributed by atoms with Crippen LogP contribution in [0.25, 0.3) is 0 Å². The Balaban J connectivity index is 1.75. The molecule has 1 aliphatic heterocycles. The summed E-state index contributed by atoms with van der Waals surface area (Å²) in [5.41, 5.74) is 5.09. The number of rotatable bonds is 7. The maximum absolute atomic E-state index is 14.2. The summed E-state index contributed by atoms with van der Waals surface area (Å²) in [6.45, 7) is 0.737. The second kappa shape index (κ2) is 9.56. The van der Waals surface area contributed by atoms with Crippen molar-refractivity contribution >= 4 is 50.2 Å². The van der Waals surface area contributed by atoms with E-state index in [0.29, 0.717) is 25.9 Å². The number of nitrogens with two attached hydrogens (primary N) is 1. The molecule has 31 heavy (non-hydrogen) atoms. The minimum absolute atomic E-state index is 0.0225. The summed E-state index contributed by atoms with van der Waals surface area (Å²) < 4.78 is 58.2. The van der Waals surface area contributed by atoms with E-state index in [9.17, 15) is 22.0 Å². The number of anilines is 2. The summed E-state index contributed by atoms with van der Waals surface area (Å²) in [5, 5.41) is 3.07. The number of nitrogens with one attached hydrogen (secondary N) is 1. The fraction of sp³-hybridized carbons (Fsp3) is 0.389. The Morgan fingerprint density at radius 3 is 2.61 bits per heavy atom. The number of halogens is 3. The molecule has 9 nitrogen and oxygen atoms in total. The molecule has 0 atom stereocenters. The first-order valence-corrected chi connectivity index (χ1v) is 12.3. The number of ketones is 1. The molecule has 1 aliphatic rings. The fourth-order valence-electron chi connectivity index (χ4n) is 3.22. The molecule has 0 amide bonds. The van der Waals surface area contributed by atoms with Crippen molar-refractivity contribution in [3.8, 4) is 5.75 Å². The van der Waals surface area contributed by atoms with Crippen molar-refractivity contribution in [3.05, 3.63) is 41.1 Å². The lowest BCUT2D eigenvalue weighted by atomic mass is 10.0. The first-order valence-electron chi connectivity index (χ1n) is 9.17. The number of aromatic nitrogens is 2. The van der Waals surface area contributed by atoms with E-state index < -0.39 is 33.0 Å². The Kier molecular flexibility index (Phi) is 7.26. The van der Waals surface area contributed by atoms with Gasteiger partial charge in [-0.05, 0) is 25.0 Å². The zero-order chi connectivity index (χ0) is 22.8. The van der Waals surface area contributed by atoms with E-state index in [0.717, 1.165) is 18.3 Å². The third kappa shape index (κ3) is 5.03. The Labute approximate surface area is 191 Å². The molecule has 0 saturated carbocycles. The Morgan fingerprint density at radius 1 is 1.35 bits per heavy atom. The third-order valence-corrected chi connectivity index (χ3v) is 8.67. The molecule has 0 unspecified atom stereocenters. The molecule has 3 N–H and O–H groups in total. The van der Waals surface area contributed by atoms with Gasteiger partial charge in [-0.3, -0.25) is 4.79 Å². The number of carbonyl (C=O) groups is 1. The molecule has 2 aromatic rings. The van der Waals surface area contributed by atoms with Crippen LogP contribution in [-0.4, -0.2) is 58.5 Å². The van der Waals surface area contributed by atoms with Gasteiger partial charge in [0.25, 0.3) is 0 Å². The van der Waals surface area contributed by atoms with Crippen LogP contribution < -0.4 is 15.8 Å². The molecular formula is C18H20F2IN5O4S. The zero-order valence-electron chi connectivity index (χ0n) is 16.4. The monoisotopic (exact) mass is 567 g/mol. The van der Waals surface area contributed by atoms with Gasteiger partial charge in [0.2, 0.25) is 21.8 Å². The number of methoxy groups -OCH3 is 1. The Morgan fingerprint density at radius 2 is 2.03 bits per heavy atom. The standard InChI is InChI=1S/C18H20F2IN5O4S/c1-30-13-3-2-12(19)15(20)14(13)16(27)11-8-23-18(25-17(11)22)24-10-4-6-26(7-5-10)31(28,29)9-21/h2-3,8,10H,4-7,9H2,1H3,(H3,22,23,24,25). The summed E-state index contributed by atoms with van der Waals surface area (Å²) >= 11 is 1.82. The number of hydrogen-bond donors (Lipinski definition) is 2. The van der Waals surface area contributed by atoms with Crippen molar-refractivity contribution in [1.29, 1.82) is 0 Å². The average molecular weight is 567 g/mol. The Hall–Kier alpha value is -2.13. The van der Waals surface area contributed by atoms with E-state index in [-0.39, 0.29) is 32.9 Å². The lowest BCUT2D eigenvalue weighted by molar-refractivity contribution is 0.103. The minimum atomic E-state index is -3.24. The first-order chi connectivity index (χ1) is 14.7. The predicted octanol–water partition coefficient (Wildman–Crippen LogP) is 2.18. The molecule has 1 fully saturated rings. The molecule has 2 heterocycles. The van der Waals surface area contributed by atoms with Crippen LogP contribution in [0.15, 0.2) is 18.3 Å². The summed E-state index contributed by atoms with van der Waals surface area (Å²) in [6.07, 6.45) is 2.23. The first kappa shape index (κ1) is 23.5. The number of ether oxygens (including phenoxy) is 1. The van der Waals surface area contributed by atoms with Crippen LogP contribution >= 0.6 is 22.6 Å². The van der Waals surface area contributed by atoms with Gasteiger partial charge in [-0.1, -0.05) is 22.6 Å². The van der Waals surface area contributed by atoms with Gasteiger partial charge in [0.15, 0.2) is 11.6 Å². The second-order valence-electron chi connectivity index (χ2n) is 6.80. The highest BCUT2D eigenvalue weighted by Crippen LogP contribution is 2.28. The second-order valence-corrected chi connectivity index (χ2v) is 10.6. The van der Waals surface area contributed by atoms with Gasteiger partial charge in [0.05, 0.1) is 12.7 Å². The van der Waals surface area contributed by atoms with Crippen molar-refractivity contribution in [2.75, 3.05) is 35.0 Å². The number of sulfonamides is 1. The topological polar surface area (TPSA) is 128 Å². The summed E-state index contributed by atoms with van der Waals surface area (Å²) in [6, 6.07) is 1.92. The molecule has 0 bridgehead atoms. The number of nitrogens with zero attached hydrogens (tertiary/aromatic N) is 3. The quantitative estimate of drug-likeness (QED) is 0.296. The van der Waals surface area contributed by atoms with Crippen molar-refractivity contribution in [1.82, 2.24) is 14.3 Å². The highest BCUT2D eigenvalue weighted by molar-refractivity contribution is 14.1. The van der Waals surface area contributed by atoms with Crippen LogP contribution in [0, 0.1) is 11.6 Å². The number of piperidine rings is 1. The number of benzene rings is 1. The molecule has 13 heteroatoms. The molecule has 3 rings (SSSR count). The maximum Gasteiger partial charge on any atom is 0.224 e. The number of alkyl halides is 1. The molecule has 0 aliphatic carbocycles. The lowest BCUT2D eigenvalue weighted by Gasteiger charge is -2.31. The van der Waals surface area contributed by atoms with Crippen molar-refractivity contribution in [2.24, 2.45) is 0 Å². The largest absolute Gasteiger partial charge is 0.496 e. The number of hydrogen-bond acceptors (Lipinski definition) is 8. The fourth-order valence-corrected chi connectivity index (χ4v) is 5.31. The molecule has 168 valence electrons. The van der Waals surface area contributed by atoms with Gasteiger partial charge in [-0.25, -0.2) is 26.5 Å². The minimum Gasteiger partial charge on any atom is -0.496 e. The summed E-state index contributed by atoms with van der Waals surface area (Å²) in [7, 11) is -2.01. The lowest BCUT2D eigenvalue weighted by Crippen LogP contribution is -2.42. The molecule has 1 aromatic carbocycles. The number of carbonyl (C=O) groups excluding carboxylic acids is 1. The van der Waals surface area contributed by atoms with Gasteiger partial charge in [0, 0.05) is 25.3 Å². The van der Waals surface area contributed by atoms with Crippen molar-refractivity contribution in [3.63, 3.8) is 0 Å². The van der Waals surface area contributed by atoms with Crippen LogP contribution in [0.2, 0.25) is 0 Å². The van der Waals surface area contributed by atoms with E-state index in [1.165, 1.54) is 11.4 Å². The Bertz CT molecular complexity index is 1090. The maximum atomic E-state index is 14.2. The average Bonchev–Trinajstić information content (AvgIpc) is 2.75. The highest BCUT2D eigenvalue weighted by atomic mass is 127.